The summed E-state index contributed by atoms with van der Waals surface area (Å²) in [6.45, 7) is 6.15. The number of rotatable bonds is 9. The first-order chi connectivity index (χ1) is 13.8. The second-order valence-corrected chi connectivity index (χ2v) is 8.01. The van der Waals surface area contributed by atoms with E-state index in [0.29, 0.717) is 28.6 Å². The van der Waals surface area contributed by atoms with Crippen LogP contribution >= 0.6 is 23.2 Å². The van der Waals surface area contributed by atoms with E-state index in [9.17, 15) is 9.59 Å². The molecule has 6 heteroatoms. The Hall–Kier alpha value is -2.04. The number of hydrogen-bond donors (Lipinski definition) is 1. The maximum atomic E-state index is 13.2. The molecule has 4 nitrogen and oxygen atoms in total. The van der Waals surface area contributed by atoms with E-state index in [2.05, 4.69) is 5.32 Å². The van der Waals surface area contributed by atoms with Crippen molar-refractivity contribution in [3.05, 3.63) is 69.7 Å². The lowest BCUT2D eigenvalue weighted by molar-refractivity contribution is -0.139. The van der Waals surface area contributed by atoms with E-state index in [1.807, 2.05) is 44.2 Å². The van der Waals surface area contributed by atoms with Crippen molar-refractivity contribution >= 4 is 35.0 Å². The summed E-state index contributed by atoms with van der Waals surface area (Å²) in [7, 11) is 0. The molecular formula is C23H28Cl2N2O2. The minimum Gasteiger partial charge on any atom is -0.352 e. The third-order valence-corrected chi connectivity index (χ3v) is 5.75. The number of carbonyl (C=O) groups is 2. The third kappa shape index (κ3) is 6.76. The summed E-state index contributed by atoms with van der Waals surface area (Å²) in [4.78, 5) is 27.5. The molecule has 2 rings (SSSR count). The van der Waals surface area contributed by atoms with Gasteiger partial charge < -0.3 is 10.2 Å². The Bertz CT molecular complexity index is 807. The molecule has 0 unspecified atom stereocenters. The maximum Gasteiger partial charge on any atom is 0.242 e. The Morgan fingerprint density at radius 1 is 1.00 bits per heavy atom. The monoisotopic (exact) mass is 434 g/mol. The average molecular weight is 435 g/mol. The predicted octanol–water partition coefficient (Wildman–Crippen LogP) is 4.91. The summed E-state index contributed by atoms with van der Waals surface area (Å²) in [5.74, 6) is -0.339. The number of hydrogen-bond acceptors (Lipinski definition) is 2. The van der Waals surface area contributed by atoms with Gasteiger partial charge in [-0.3, -0.25) is 9.59 Å². The van der Waals surface area contributed by atoms with Crippen LogP contribution in [0.5, 0.6) is 0 Å². The number of benzene rings is 2. The molecule has 0 radical (unpaired) electrons. The molecule has 0 aliphatic heterocycles. The SMILES string of the molecule is CC[C@@H](C)NC(=O)[C@@H](C)N(CCc1ccccc1)C(=O)Cc1c(Cl)cccc1Cl. The van der Waals surface area contributed by atoms with Crippen LogP contribution in [-0.4, -0.2) is 35.3 Å². The van der Waals surface area contributed by atoms with Crippen molar-refractivity contribution < 1.29 is 9.59 Å². The molecular weight excluding hydrogens is 407 g/mol. The molecule has 29 heavy (non-hydrogen) atoms. The Kier molecular flexibility index (Phi) is 8.99. The van der Waals surface area contributed by atoms with Crippen LogP contribution in [0.3, 0.4) is 0 Å². The van der Waals surface area contributed by atoms with Gasteiger partial charge in [-0.05, 0) is 49.9 Å². The fourth-order valence-electron chi connectivity index (χ4n) is 2.99. The zero-order valence-electron chi connectivity index (χ0n) is 17.1. The maximum absolute atomic E-state index is 13.2. The number of nitrogens with zero attached hydrogens (tertiary/aromatic N) is 1. The molecule has 2 atom stereocenters. The van der Waals surface area contributed by atoms with Gasteiger partial charge >= 0.3 is 0 Å². The van der Waals surface area contributed by atoms with Gasteiger partial charge in [0, 0.05) is 22.6 Å². The van der Waals surface area contributed by atoms with Gasteiger partial charge in [0.15, 0.2) is 0 Å². The van der Waals surface area contributed by atoms with Crippen LogP contribution in [0.4, 0.5) is 0 Å². The fourth-order valence-corrected chi connectivity index (χ4v) is 3.52. The zero-order valence-corrected chi connectivity index (χ0v) is 18.6. The summed E-state index contributed by atoms with van der Waals surface area (Å²) >= 11 is 12.5. The first-order valence-corrected chi connectivity index (χ1v) is 10.7. The van der Waals surface area contributed by atoms with Crippen molar-refractivity contribution in [3.63, 3.8) is 0 Å². The summed E-state index contributed by atoms with van der Waals surface area (Å²) in [6, 6.07) is 14.5. The van der Waals surface area contributed by atoms with Crippen LogP contribution in [0, 0.1) is 0 Å². The van der Waals surface area contributed by atoms with E-state index >= 15 is 0 Å². The van der Waals surface area contributed by atoms with Crippen molar-refractivity contribution in [1.82, 2.24) is 10.2 Å². The highest BCUT2D eigenvalue weighted by atomic mass is 35.5. The van der Waals surface area contributed by atoms with Crippen molar-refractivity contribution in [3.8, 4) is 0 Å². The summed E-state index contributed by atoms with van der Waals surface area (Å²) in [5, 5.41) is 3.86. The van der Waals surface area contributed by atoms with E-state index in [1.54, 1.807) is 30.0 Å². The first-order valence-electron chi connectivity index (χ1n) is 9.90. The van der Waals surface area contributed by atoms with Gasteiger partial charge in [-0.1, -0.05) is 66.5 Å². The second kappa shape index (κ2) is 11.2. The van der Waals surface area contributed by atoms with Crippen molar-refractivity contribution in [2.45, 2.75) is 52.1 Å². The highest BCUT2D eigenvalue weighted by Gasteiger charge is 2.27. The largest absolute Gasteiger partial charge is 0.352 e. The summed E-state index contributed by atoms with van der Waals surface area (Å²) in [5.41, 5.74) is 1.69. The quantitative estimate of drug-likeness (QED) is 0.609. The van der Waals surface area contributed by atoms with Crippen LogP contribution in [0.1, 0.15) is 38.3 Å². The minimum atomic E-state index is -0.596. The second-order valence-electron chi connectivity index (χ2n) is 7.19. The lowest BCUT2D eigenvalue weighted by Gasteiger charge is -2.30. The summed E-state index contributed by atoms with van der Waals surface area (Å²) < 4.78 is 0. The fraction of sp³-hybridized carbons (Fsp3) is 0.391. The first kappa shape index (κ1) is 23.2. The van der Waals surface area contributed by atoms with Gasteiger partial charge in [0.1, 0.15) is 6.04 Å². The Balaban J connectivity index is 2.20. The number of amides is 2. The van der Waals surface area contributed by atoms with Crippen molar-refractivity contribution in [2.24, 2.45) is 0 Å². The number of halogens is 2. The molecule has 0 fully saturated rings. The number of carbonyl (C=O) groups excluding carboxylic acids is 2. The summed E-state index contributed by atoms with van der Waals surface area (Å²) in [6.07, 6.45) is 1.53. The molecule has 0 spiro atoms. The van der Waals surface area contributed by atoms with Crippen molar-refractivity contribution in [1.29, 1.82) is 0 Å². The molecule has 1 N–H and O–H groups in total. The Morgan fingerprint density at radius 3 is 2.21 bits per heavy atom. The molecule has 0 aliphatic carbocycles. The van der Waals surface area contributed by atoms with Gasteiger partial charge in [-0.15, -0.1) is 0 Å². The van der Waals surface area contributed by atoms with E-state index < -0.39 is 6.04 Å². The highest BCUT2D eigenvalue weighted by Crippen LogP contribution is 2.25. The molecule has 0 saturated heterocycles. The molecule has 0 aliphatic rings. The van der Waals surface area contributed by atoms with Gasteiger partial charge in [0.2, 0.25) is 11.8 Å². The Labute approximate surface area is 183 Å². The zero-order chi connectivity index (χ0) is 21.4. The van der Waals surface area contributed by atoms with E-state index in [4.69, 9.17) is 23.2 Å². The van der Waals surface area contributed by atoms with E-state index in [1.165, 1.54) is 0 Å². The lowest BCUT2D eigenvalue weighted by Crippen LogP contribution is -2.50. The predicted molar refractivity (Wildman–Crippen MR) is 119 cm³/mol. The highest BCUT2D eigenvalue weighted by molar-refractivity contribution is 6.36. The molecule has 2 aromatic carbocycles. The van der Waals surface area contributed by atoms with Crippen LogP contribution < -0.4 is 5.32 Å². The molecule has 2 aromatic rings. The third-order valence-electron chi connectivity index (χ3n) is 5.04. The van der Waals surface area contributed by atoms with Gasteiger partial charge in [-0.25, -0.2) is 0 Å². The normalized spacial score (nSPS) is 12.9. The number of nitrogens with one attached hydrogen (secondary N) is 1. The minimum absolute atomic E-state index is 0.0498. The van der Waals surface area contributed by atoms with Crippen molar-refractivity contribution in [2.75, 3.05) is 6.54 Å². The van der Waals surface area contributed by atoms with E-state index in [-0.39, 0.29) is 24.3 Å². The van der Waals surface area contributed by atoms with Crippen LogP contribution in [0.2, 0.25) is 10.0 Å². The molecule has 0 bridgehead atoms. The molecule has 156 valence electrons. The molecule has 0 heterocycles. The standard InChI is InChI=1S/C23H28Cl2N2O2/c1-4-16(2)26-23(29)17(3)27(14-13-18-9-6-5-7-10-18)22(28)15-19-20(24)11-8-12-21(19)25/h5-12,16-17H,4,13-15H2,1-3H3,(H,26,29)/t16-,17-/m1/s1. The molecule has 2 amide bonds. The van der Waals surface area contributed by atoms with E-state index in [0.717, 1.165) is 12.0 Å². The molecule has 0 saturated carbocycles. The average Bonchev–Trinajstić information content (AvgIpc) is 2.71. The van der Waals surface area contributed by atoms with Gasteiger partial charge in [0.05, 0.1) is 6.42 Å². The lowest BCUT2D eigenvalue weighted by atomic mass is 10.1. The Morgan fingerprint density at radius 2 is 1.62 bits per heavy atom. The molecule has 0 aromatic heterocycles. The van der Waals surface area contributed by atoms with Crippen LogP contribution in [0.25, 0.3) is 0 Å². The smallest absolute Gasteiger partial charge is 0.242 e. The topological polar surface area (TPSA) is 49.4 Å². The van der Waals surface area contributed by atoms with Gasteiger partial charge in [0.25, 0.3) is 0 Å². The van der Waals surface area contributed by atoms with Gasteiger partial charge in [-0.2, -0.15) is 0 Å². The van der Waals surface area contributed by atoms with Crippen LogP contribution in [-0.2, 0) is 22.4 Å². The van der Waals surface area contributed by atoms with Crippen LogP contribution in [0.15, 0.2) is 48.5 Å².